The number of hydrogen-bond donors (Lipinski definition) is 1. The van der Waals surface area contributed by atoms with Gasteiger partial charge in [0.2, 0.25) is 0 Å². The van der Waals surface area contributed by atoms with Crippen molar-refractivity contribution >= 4 is 23.2 Å². The zero-order chi connectivity index (χ0) is 13.4. The topological polar surface area (TPSA) is 43.1 Å². The Labute approximate surface area is 114 Å². The van der Waals surface area contributed by atoms with Crippen LogP contribution in [0.1, 0.15) is 22.3 Å². The largest absolute Gasteiger partial charge is 0.398 e. The molecule has 0 fully saturated rings. The maximum Gasteiger partial charge on any atom is 0.163 e. The molecule has 0 unspecified atom stereocenters. The Morgan fingerprint density at radius 1 is 1.11 bits per heavy atom. The molecule has 2 aromatic carbocycles. The molecule has 19 heavy (non-hydrogen) atoms. The SMILES string of the molecule is Nc1cc2c(cc1Sc1ccc(F)cc1)C(=O)CC2. The van der Waals surface area contributed by atoms with E-state index >= 15 is 0 Å². The molecule has 0 atom stereocenters. The van der Waals surface area contributed by atoms with Crippen LogP contribution in [0.4, 0.5) is 10.1 Å². The van der Waals surface area contributed by atoms with Crippen LogP contribution in [0, 0.1) is 5.82 Å². The van der Waals surface area contributed by atoms with E-state index in [1.165, 1.54) is 23.9 Å². The number of nitrogens with two attached hydrogens (primary N) is 1. The Morgan fingerprint density at radius 2 is 1.84 bits per heavy atom. The van der Waals surface area contributed by atoms with Gasteiger partial charge in [-0.3, -0.25) is 4.79 Å². The fraction of sp³-hybridized carbons (Fsp3) is 0.133. The molecule has 0 aromatic heterocycles. The molecule has 2 aromatic rings. The maximum absolute atomic E-state index is 12.9. The summed E-state index contributed by atoms with van der Waals surface area (Å²) in [5.41, 5.74) is 8.49. The van der Waals surface area contributed by atoms with Gasteiger partial charge >= 0.3 is 0 Å². The first-order valence-corrected chi connectivity index (χ1v) is 6.84. The van der Waals surface area contributed by atoms with Gasteiger partial charge in [-0.25, -0.2) is 4.39 Å². The third kappa shape index (κ3) is 2.36. The Balaban J connectivity index is 1.95. The van der Waals surface area contributed by atoms with E-state index in [2.05, 4.69) is 0 Å². The number of aryl methyl sites for hydroxylation is 1. The van der Waals surface area contributed by atoms with Crippen LogP contribution < -0.4 is 5.73 Å². The summed E-state index contributed by atoms with van der Waals surface area (Å²) < 4.78 is 12.9. The number of carbonyl (C=O) groups is 1. The second kappa shape index (κ2) is 4.70. The first-order chi connectivity index (χ1) is 9.13. The number of carbonyl (C=O) groups excluding carboxylic acids is 1. The lowest BCUT2D eigenvalue weighted by atomic mass is 10.1. The van der Waals surface area contributed by atoms with E-state index in [1.807, 2.05) is 12.1 Å². The lowest BCUT2D eigenvalue weighted by molar-refractivity contribution is 0.0994. The molecule has 2 nitrogen and oxygen atoms in total. The van der Waals surface area contributed by atoms with Crippen LogP contribution in [-0.2, 0) is 6.42 Å². The average Bonchev–Trinajstić information content (AvgIpc) is 2.74. The van der Waals surface area contributed by atoms with Crippen molar-refractivity contribution in [1.29, 1.82) is 0 Å². The van der Waals surface area contributed by atoms with Crippen LogP contribution in [-0.4, -0.2) is 5.78 Å². The predicted octanol–water partition coefficient (Wildman–Crippen LogP) is 3.69. The van der Waals surface area contributed by atoms with E-state index in [0.717, 1.165) is 27.3 Å². The maximum atomic E-state index is 12.9. The van der Waals surface area contributed by atoms with Crippen molar-refractivity contribution in [2.45, 2.75) is 22.6 Å². The molecule has 0 radical (unpaired) electrons. The molecule has 1 aliphatic carbocycles. The average molecular weight is 273 g/mol. The molecular weight excluding hydrogens is 261 g/mol. The Kier molecular flexibility index (Phi) is 3.03. The lowest BCUT2D eigenvalue weighted by Gasteiger charge is -2.08. The van der Waals surface area contributed by atoms with E-state index < -0.39 is 0 Å². The van der Waals surface area contributed by atoms with Crippen LogP contribution in [0.25, 0.3) is 0 Å². The van der Waals surface area contributed by atoms with Gasteiger partial charge in [-0.05, 0) is 48.4 Å². The van der Waals surface area contributed by atoms with E-state index in [1.54, 1.807) is 12.1 Å². The molecule has 96 valence electrons. The van der Waals surface area contributed by atoms with Gasteiger partial charge in [0, 0.05) is 27.5 Å². The van der Waals surface area contributed by atoms with Crippen molar-refractivity contribution in [2.24, 2.45) is 0 Å². The van der Waals surface area contributed by atoms with Crippen LogP contribution in [0.15, 0.2) is 46.2 Å². The van der Waals surface area contributed by atoms with Crippen molar-refractivity contribution in [3.05, 3.63) is 53.3 Å². The summed E-state index contributed by atoms with van der Waals surface area (Å²) in [6.45, 7) is 0. The molecule has 3 rings (SSSR count). The Hall–Kier alpha value is -1.81. The summed E-state index contributed by atoms with van der Waals surface area (Å²) in [6, 6.07) is 9.97. The normalized spacial score (nSPS) is 13.6. The number of nitrogen functional groups attached to an aromatic ring is 1. The number of anilines is 1. The summed E-state index contributed by atoms with van der Waals surface area (Å²) in [5.74, 6) is -0.0857. The molecule has 0 bridgehead atoms. The molecule has 0 saturated carbocycles. The summed E-state index contributed by atoms with van der Waals surface area (Å²) in [6.07, 6.45) is 1.35. The van der Waals surface area contributed by atoms with Gasteiger partial charge in [0.05, 0.1) is 0 Å². The van der Waals surface area contributed by atoms with E-state index in [-0.39, 0.29) is 11.6 Å². The minimum absolute atomic E-state index is 0.177. The molecule has 4 heteroatoms. The number of halogens is 1. The van der Waals surface area contributed by atoms with Crippen LogP contribution >= 0.6 is 11.8 Å². The molecule has 0 spiro atoms. The minimum Gasteiger partial charge on any atom is -0.398 e. The number of fused-ring (bicyclic) bond motifs is 1. The summed E-state index contributed by atoms with van der Waals surface area (Å²) >= 11 is 1.45. The minimum atomic E-state index is -0.263. The monoisotopic (exact) mass is 273 g/mol. The number of Topliss-reactive ketones (excluding diaryl/α,β-unsaturated/α-hetero) is 1. The number of benzene rings is 2. The Morgan fingerprint density at radius 3 is 2.58 bits per heavy atom. The molecule has 0 amide bonds. The second-order valence-corrected chi connectivity index (χ2v) is 5.64. The first-order valence-electron chi connectivity index (χ1n) is 6.02. The van der Waals surface area contributed by atoms with Crippen molar-refractivity contribution in [3.63, 3.8) is 0 Å². The number of rotatable bonds is 2. The summed E-state index contributed by atoms with van der Waals surface area (Å²) in [5, 5.41) is 0. The zero-order valence-corrected chi connectivity index (χ0v) is 11.0. The van der Waals surface area contributed by atoms with Crippen LogP contribution in [0.3, 0.4) is 0 Å². The van der Waals surface area contributed by atoms with Gasteiger partial charge in [-0.2, -0.15) is 0 Å². The van der Waals surface area contributed by atoms with Gasteiger partial charge < -0.3 is 5.73 Å². The van der Waals surface area contributed by atoms with Gasteiger partial charge in [-0.15, -0.1) is 0 Å². The van der Waals surface area contributed by atoms with Gasteiger partial charge in [0.25, 0.3) is 0 Å². The molecule has 1 aliphatic rings. The fourth-order valence-corrected chi connectivity index (χ4v) is 3.09. The molecule has 0 saturated heterocycles. The van der Waals surface area contributed by atoms with Crippen molar-refractivity contribution < 1.29 is 9.18 Å². The summed E-state index contributed by atoms with van der Waals surface area (Å²) in [7, 11) is 0. The first kappa shape index (κ1) is 12.2. The number of ketones is 1. The predicted molar refractivity (Wildman–Crippen MR) is 74.0 cm³/mol. The van der Waals surface area contributed by atoms with Crippen LogP contribution in [0.2, 0.25) is 0 Å². The molecular formula is C15H12FNOS. The van der Waals surface area contributed by atoms with Crippen molar-refractivity contribution in [2.75, 3.05) is 5.73 Å². The van der Waals surface area contributed by atoms with E-state index in [0.29, 0.717) is 12.1 Å². The molecule has 2 N–H and O–H groups in total. The Bertz CT molecular complexity index is 652. The standard InChI is InChI=1S/C15H12FNOS/c16-10-2-4-11(5-3-10)19-15-8-12-9(7-13(15)17)1-6-14(12)18/h2-5,7-8H,1,6,17H2. The van der Waals surface area contributed by atoms with Gasteiger partial charge in [0.1, 0.15) is 5.82 Å². The number of hydrogen-bond acceptors (Lipinski definition) is 3. The lowest BCUT2D eigenvalue weighted by Crippen LogP contribution is -1.95. The zero-order valence-electron chi connectivity index (χ0n) is 10.2. The smallest absolute Gasteiger partial charge is 0.163 e. The van der Waals surface area contributed by atoms with Crippen LogP contribution in [0.5, 0.6) is 0 Å². The summed E-state index contributed by atoms with van der Waals surface area (Å²) in [4.78, 5) is 13.5. The second-order valence-electron chi connectivity index (χ2n) is 4.53. The third-order valence-corrected chi connectivity index (χ3v) is 4.28. The molecule has 0 heterocycles. The highest BCUT2D eigenvalue weighted by atomic mass is 32.2. The highest BCUT2D eigenvalue weighted by Gasteiger charge is 2.21. The fourth-order valence-electron chi connectivity index (χ4n) is 2.21. The van der Waals surface area contributed by atoms with E-state index in [4.69, 9.17) is 5.73 Å². The van der Waals surface area contributed by atoms with Gasteiger partial charge in [0.15, 0.2) is 5.78 Å². The van der Waals surface area contributed by atoms with Gasteiger partial charge in [-0.1, -0.05) is 11.8 Å². The molecule has 0 aliphatic heterocycles. The highest BCUT2D eigenvalue weighted by molar-refractivity contribution is 7.99. The quantitative estimate of drug-likeness (QED) is 0.849. The highest BCUT2D eigenvalue weighted by Crippen LogP contribution is 2.36. The third-order valence-electron chi connectivity index (χ3n) is 3.20. The van der Waals surface area contributed by atoms with E-state index in [9.17, 15) is 9.18 Å². The van der Waals surface area contributed by atoms with Crippen molar-refractivity contribution in [1.82, 2.24) is 0 Å². The van der Waals surface area contributed by atoms with Crippen molar-refractivity contribution in [3.8, 4) is 0 Å².